The molecule has 0 aliphatic heterocycles. The molecule has 0 aromatic rings. The molecule has 12 heteroatoms. The summed E-state index contributed by atoms with van der Waals surface area (Å²) in [4.78, 5) is 44.5. The van der Waals surface area contributed by atoms with Gasteiger partial charge in [0.2, 0.25) is 5.88 Å². The summed E-state index contributed by atoms with van der Waals surface area (Å²) in [6, 6.07) is 0. The Morgan fingerprint density at radius 3 is 2.17 bits per heavy atom. The van der Waals surface area contributed by atoms with Gasteiger partial charge in [-0.05, 0) is 18.0 Å². The molecule has 0 aliphatic rings. The predicted octanol–water partition coefficient (Wildman–Crippen LogP) is -0.897. The van der Waals surface area contributed by atoms with Gasteiger partial charge in [0, 0.05) is 5.73 Å². The molecule has 0 fully saturated rings. The highest BCUT2D eigenvalue weighted by atomic mass is 16.6. The van der Waals surface area contributed by atoms with Crippen LogP contribution in [0.4, 0.5) is 0 Å². The maximum absolute atomic E-state index is 11.0. The van der Waals surface area contributed by atoms with E-state index < -0.39 is 31.8 Å². The Hall–Kier alpha value is -3.74. The Balaban J connectivity index is 4.90. The summed E-state index contributed by atoms with van der Waals surface area (Å²) in [6.45, 7) is 1.58. The van der Waals surface area contributed by atoms with Crippen molar-refractivity contribution in [3.63, 3.8) is 0 Å². The summed E-state index contributed by atoms with van der Waals surface area (Å²) in [7, 11) is 0. The highest BCUT2D eigenvalue weighted by Crippen LogP contribution is 2.05. The molecule has 0 spiro atoms. The average Bonchev–Trinajstić information content (AvgIpc) is 2.67. The summed E-state index contributed by atoms with van der Waals surface area (Å²) < 4.78 is 19.6. The number of hydrogen-bond acceptors (Lipinski definition) is 10. The number of carboxylic acid groups (broad SMARTS) is 2. The maximum atomic E-state index is 11.0. The zero-order chi connectivity index (χ0) is 21.9. The second-order valence-corrected chi connectivity index (χ2v) is 4.84. The van der Waals surface area contributed by atoms with Gasteiger partial charge in [0.25, 0.3) is 12.9 Å². The smallest absolute Gasteiger partial charge is 0.323 e. The van der Waals surface area contributed by atoms with Gasteiger partial charge >= 0.3 is 11.9 Å². The van der Waals surface area contributed by atoms with Crippen LogP contribution in [0, 0.1) is 0 Å². The number of carboxylic acids is 2. The zero-order valence-corrected chi connectivity index (χ0v) is 15.4. The number of ether oxygens (including phenoxy) is 4. The SMILES string of the molecule is C=C=C=C=C=C(OCCOCN(COC=O)CC(=O)O)N(COC=O)CC(=O)O. The fourth-order valence-electron chi connectivity index (χ4n) is 1.64. The molecule has 0 atom stereocenters. The van der Waals surface area contributed by atoms with E-state index in [-0.39, 0.29) is 45.5 Å². The van der Waals surface area contributed by atoms with Crippen LogP contribution in [0.25, 0.3) is 0 Å². The van der Waals surface area contributed by atoms with E-state index in [9.17, 15) is 19.2 Å². The minimum absolute atomic E-state index is 0.0428. The third kappa shape index (κ3) is 14.0. The van der Waals surface area contributed by atoms with Crippen molar-refractivity contribution in [3.05, 3.63) is 35.4 Å². The lowest BCUT2D eigenvalue weighted by atomic mass is 10.5. The first kappa shape index (κ1) is 25.3. The predicted molar refractivity (Wildman–Crippen MR) is 92.7 cm³/mol. The molecule has 0 radical (unpaired) electrons. The summed E-state index contributed by atoms with van der Waals surface area (Å²) in [5.41, 5.74) is 9.52. The number of rotatable bonds is 17. The quantitative estimate of drug-likeness (QED) is 0.100. The molecular formula is C17H20N2O10. The molecule has 0 unspecified atom stereocenters. The van der Waals surface area contributed by atoms with Crippen molar-refractivity contribution in [3.8, 4) is 0 Å². The van der Waals surface area contributed by atoms with Crippen LogP contribution in [0.2, 0.25) is 0 Å². The normalized spacial score (nSPS) is 9.14. The first-order chi connectivity index (χ1) is 13.9. The summed E-state index contributed by atoms with van der Waals surface area (Å²) in [5.74, 6) is -2.50. The minimum atomic E-state index is -1.22. The molecule has 158 valence electrons. The van der Waals surface area contributed by atoms with Crippen molar-refractivity contribution in [1.82, 2.24) is 9.80 Å². The van der Waals surface area contributed by atoms with Crippen LogP contribution < -0.4 is 0 Å². The van der Waals surface area contributed by atoms with E-state index in [0.29, 0.717) is 0 Å². The third-order valence-electron chi connectivity index (χ3n) is 2.66. The van der Waals surface area contributed by atoms with E-state index in [1.807, 2.05) is 0 Å². The minimum Gasteiger partial charge on any atom is -0.480 e. The Labute approximate surface area is 165 Å². The molecule has 0 saturated carbocycles. The number of carbonyl (C=O) groups excluding carboxylic acids is 2. The fourth-order valence-corrected chi connectivity index (χ4v) is 1.64. The van der Waals surface area contributed by atoms with E-state index in [1.165, 1.54) is 4.90 Å². The molecule has 0 amide bonds. The van der Waals surface area contributed by atoms with Gasteiger partial charge in [-0.25, -0.2) is 4.90 Å². The zero-order valence-electron chi connectivity index (χ0n) is 15.4. The highest BCUT2D eigenvalue weighted by molar-refractivity contribution is 5.69. The summed E-state index contributed by atoms with van der Waals surface area (Å²) in [5, 5.41) is 17.7. The monoisotopic (exact) mass is 412 g/mol. The van der Waals surface area contributed by atoms with Crippen molar-refractivity contribution in [2.24, 2.45) is 0 Å². The van der Waals surface area contributed by atoms with E-state index in [2.05, 4.69) is 39.0 Å². The lowest BCUT2D eigenvalue weighted by Gasteiger charge is -2.22. The number of carbonyl (C=O) groups is 4. The molecule has 2 N–H and O–H groups in total. The highest BCUT2D eigenvalue weighted by Gasteiger charge is 2.16. The molecule has 12 nitrogen and oxygen atoms in total. The van der Waals surface area contributed by atoms with Gasteiger partial charge in [0.15, 0.2) is 6.73 Å². The topological polar surface area (TPSA) is 152 Å². The van der Waals surface area contributed by atoms with E-state index in [0.717, 1.165) is 4.90 Å². The first-order valence-electron chi connectivity index (χ1n) is 7.81. The van der Waals surface area contributed by atoms with Gasteiger partial charge in [-0.1, -0.05) is 5.73 Å². The van der Waals surface area contributed by atoms with Crippen LogP contribution in [-0.4, -0.2) is 91.4 Å². The van der Waals surface area contributed by atoms with Gasteiger partial charge in [-0.15, -0.1) is 0 Å². The standard InChI is InChI=1S/C17H20N2O10/c1-2-3-4-5-15(19(9-17(24)25)12-28-14-21)29-7-6-26-10-18(8-16(22)23)11-27-13-20/h13-14H,1,6-12H2,(H,22,23)(H,24,25). The maximum Gasteiger partial charge on any atom is 0.323 e. The number of hydrogen-bond donors (Lipinski definition) is 2. The van der Waals surface area contributed by atoms with Crippen LogP contribution in [0.3, 0.4) is 0 Å². The molecule has 0 aromatic carbocycles. The summed E-state index contributed by atoms with van der Waals surface area (Å²) in [6.07, 6.45) is 0. The second kappa shape index (κ2) is 16.4. The van der Waals surface area contributed by atoms with Crippen LogP contribution in [-0.2, 0) is 38.1 Å². The van der Waals surface area contributed by atoms with Gasteiger partial charge in [0.1, 0.15) is 33.2 Å². The van der Waals surface area contributed by atoms with Crippen LogP contribution >= 0.6 is 0 Å². The average molecular weight is 412 g/mol. The molecule has 0 aromatic heterocycles. The molecule has 0 rings (SSSR count). The van der Waals surface area contributed by atoms with Crippen molar-refractivity contribution in [2.45, 2.75) is 0 Å². The van der Waals surface area contributed by atoms with Gasteiger partial charge < -0.3 is 29.2 Å². The third-order valence-corrected chi connectivity index (χ3v) is 2.66. The molecule has 0 bridgehead atoms. The Bertz CT molecular complexity index is 712. The van der Waals surface area contributed by atoms with Gasteiger partial charge in [-0.3, -0.25) is 24.1 Å². The molecule has 0 aliphatic carbocycles. The Morgan fingerprint density at radius 2 is 1.59 bits per heavy atom. The Kier molecular flexibility index (Phi) is 14.3. The molecule has 0 saturated heterocycles. The van der Waals surface area contributed by atoms with Crippen LogP contribution in [0.5, 0.6) is 0 Å². The lowest BCUT2D eigenvalue weighted by molar-refractivity contribution is -0.148. The van der Waals surface area contributed by atoms with Crippen molar-refractivity contribution in [2.75, 3.05) is 46.5 Å². The summed E-state index contributed by atoms with van der Waals surface area (Å²) >= 11 is 0. The van der Waals surface area contributed by atoms with Gasteiger partial charge in [-0.2, -0.15) is 0 Å². The van der Waals surface area contributed by atoms with Crippen molar-refractivity contribution in [1.29, 1.82) is 0 Å². The molecule has 29 heavy (non-hydrogen) atoms. The number of aliphatic carboxylic acids is 2. The van der Waals surface area contributed by atoms with E-state index in [4.69, 9.17) is 19.7 Å². The van der Waals surface area contributed by atoms with Crippen molar-refractivity contribution >= 4 is 24.9 Å². The molecule has 0 heterocycles. The molecular weight excluding hydrogens is 392 g/mol. The largest absolute Gasteiger partial charge is 0.480 e. The Morgan fingerprint density at radius 1 is 0.931 bits per heavy atom. The van der Waals surface area contributed by atoms with Crippen molar-refractivity contribution < 1.29 is 48.3 Å². The van der Waals surface area contributed by atoms with Gasteiger partial charge in [0.05, 0.1) is 6.61 Å². The van der Waals surface area contributed by atoms with Crippen LogP contribution in [0.1, 0.15) is 0 Å². The first-order valence-corrected chi connectivity index (χ1v) is 7.81. The fraction of sp³-hybridized carbons (Fsp3) is 0.412. The number of nitrogens with zero attached hydrogens (tertiary/aromatic N) is 2. The van der Waals surface area contributed by atoms with Crippen LogP contribution in [0.15, 0.2) is 35.4 Å². The second-order valence-electron chi connectivity index (χ2n) is 4.84. The van der Waals surface area contributed by atoms with E-state index >= 15 is 0 Å². The lowest BCUT2D eigenvalue weighted by Crippen LogP contribution is -2.35. The van der Waals surface area contributed by atoms with E-state index in [1.54, 1.807) is 0 Å².